The molecule has 130 valence electrons. The number of fused-ring (bicyclic) bond motifs is 1. The van der Waals surface area contributed by atoms with Gasteiger partial charge in [-0.3, -0.25) is 4.79 Å². The zero-order chi connectivity index (χ0) is 17.7. The van der Waals surface area contributed by atoms with Crippen LogP contribution in [0.1, 0.15) is 30.8 Å². The Morgan fingerprint density at radius 1 is 1.35 bits per heavy atom. The molecule has 0 amide bonds. The van der Waals surface area contributed by atoms with Crippen LogP contribution in [0.5, 0.6) is 0 Å². The highest BCUT2D eigenvalue weighted by Gasteiger charge is 2.36. The zero-order valence-corrected chi connectivity index (χ0v) is 15.6. The van der Waals surface area contributed by atoms with Crippen molar-refractivity contribution < 1.29 is 4.42 Å². The molecule has 1 aliphatic carbocycles. The Morgan fingerprint density at radius 3 is 3.00 bits per heavy atom. The fourth-order valence-corrected chi connectivity index (χ4v) is 4.81. The molecular formula is C19H15N3O2S2. The molecule has 0 spiro atoms. The first-order chi connectivity index (χ1) is 12.7. The Bertz CT molecular complexity index is 1170. The van der Waals surface area contributed by atoms with Gasteiger partial charge < -0.3 is 4.42 Å². The number of hydrogen-bond donors (Lipinski definition) is 0. The molecule has 0 bridgehead atoms. The Labute approximate surface area is 157 Å². The molecule has 4 aromatic rings. The predicted octanol–water partition coefficient (Wildman–Crippen LogP) is 4.79. The normalized spacial score (nSPS) is 19.6. The Kier molecular flexibility index (Phi) is 3.65. The third kappa shape index (κ3) is 2.64. The summed E-state index contributed by atoms with van der Waals surface area (Å²) in [5, 5.41) is 8.87. The zero-order valence-electron chi connectivity index (χ0n) is 14.0. The van der Waals surface area contributed by atoms with E-state index in [4.69, 9.17) is 4.42 Å². The lowest BCUT2D eigenvalue weighted by atomic mass is 10.2. The van der Waals surface area contributed by atoms with Crippen LogP contribution in [0.15, 0.2) is 55.7 Å². The second-order valence-corrected chi connectivity index (χ2v) is 8.31. The van der Waals surface area contributed by atoms with Crippen molar-refractivity contribution in [3.05, 3.63) is 63.2 Å². The highest BCUT2D eigenvalue weighted by atomic mass is 32.1. The fourth-order valence-electron chi connectivity index (χ4n) is 3.09. The van der Waals surface area contributed by atoms with Crippen molar-refractivity contribution in [3.8, 4) is 10.4 Å². The van der Waals surface area contributed by atoms with Crippen molar-refractivity contribution >= 4 is 39.1 Å². The summed E-state index contributed by atoms with van der Waals surface area (Å²) in [5.41, 5.74) is 0.753. The quantitative estimate of drug-likeness (QED) is 0.478. The van der Waals surface area contributed by atoms with E-state index in [0.717, 1.165) is 21.0 Å². The lowest BCUT2D eigenvalue weighted by Gasteiger charge is -1.99. The van der Waals surface area contributed by atoms with E-state index in [9.17, 15) is 4.79 Å². The van der Waals surface area contributed by atoms with Gasteiger partial charge in [-0.1, -0.05) is 13.0 Å². The summed E-state index contributed by atoms with van der Waals surface area (Å²) in [6, 6.07) is 7.87. The fraction of sp³-hybridized carbons (Fsp3) is 0.211. The minimum Gasteiger partial charge on any atom is -0.460 e. The number of nitrogens with zero attached hydrogens (tertiary/aromatic N) is 3. The third-order valence-corrected chi connectivity index (χ3v) is 6.49. The van der Waals surface area contributed by atoms with Gasteiger partial charge in [-0.15, -0.1) is 22.7 Å². The van der Waals surface area contributed by atoms with E-state index in [1.165, 1.54) is 28.8 Å². The highest BCUT2D eigenvalue weighted by molar-refractivity contribution is 7.18. The van der Waals surface area contributed by atoms with Gasteiger partial charge in [-0.2, -0.15) is 9.78 Å². The molecule has 4 aromatic heterocycles. The molecule has 0 N–H and O–H groups in total. The molecule has 0 saturated heterocycles. The second kappa shape index (κ2) is 6.03. The monoisotopic (exact) mass is 381 g/mol. The van der Waals surface area contributed by atoms with Crippen LogP contribution in [0.25, 0.3) is 20.7 Å². The Balaban J connectivity index is 1.51. The van der Waals surface area contributed by atoms with Crippen molar-refractivity contribution in [2.75, 3.05) is 0 Å². The molecule has 2 atom stereocenters. The first kappa shape index (κ1) is 15.7. The molecule has 5 nitrogen and oxygen atoms in total. The van der Waals surface area contributed by atoms with Crippen LogP contribution >= 0.6 is 22.7 Å². The van der Waals surface area contributed by atoms with Gasteiger partial charge in [0.2, 0.25) is 0 Å². The molecule has 7 heteroatoms. The summed E-state index contributed by atoms with van der Waals surface area (Å²) in [5.74, 6) is 2.86. The van der Waals surface area contributed by atoms with Gasteiger partial charge >= 0.3 is 0 Å². The van der Waals surface area contributed by atoms with Gasteiger partial charge in [0, 0.05) is 21.7 Å². The van der Waals surface area contributed by atoms with Crippen molar-refractivity contribution in [1.82, 2.24) is 9.66 Å². The first-order valence-corrected chi connectivity index (χ1v) is 10.1. The van der Waals surface area contributed by atoms with Crippen LogP contribution in [0.4, 0.5) is 0 Å². The summed E-state index contributed by atoms with van der Waals surface area (Å²) in [7, 11) is 0. The van der Waals surface area contributed by atoms with Gasteiger partial charge in [0.25, 0.3) is 5.56 Å². The lowest BCUT2D eigenvalue weighted by molar-refractivity contribution is 0.500. The summed E-state index contributed by atoms with van der Waals surface area (Å²) in [6.07, 6.45) is 4.21. The predicted molar refractivity (Wildman–Crippen MR) is 105 cm³/mol. The van der Waals surface area contributed by atoms with E-state index >= 15 is 0 Å². The third-order valence-electron chi connectivity index (χ3n) is 4.70. The van der Waals surface area contributed by atoms with Crippen molar-refractivity contribution in [3.63, 3.8) is 0 Å². The van der Waals surface area contributed by atoms with Gasteiger partial charge in [-0.25, -0.2) is 4.98 Å². The number of thiophene rings is 2. The summed E-state index contributed by atoms with van der Waals surface area (Å²) < 4.78 is 7.09. The van der Waals surface area contributed by atoms with Crippen LogP contribution in [-0.4, -0.2) is 15.9 Å². The van der Waals surface area contributed by atoms with Gasteiger partial charge in [0.15, 0.2) is 0 Å². The molecule has 0 aliphatic heterocycles. The van der Waals surface area contributed by atoms with Crippen LogP contribution in [0.2, 0.25) is 0 Å². The van der Waals surface area contributed by atoms with Crippen LogP contribution in [-0.2, 0) is 0 Å². The smallest absolute Gasteiger partial charge is 0.283 e. The Morgan fingerprint density at radius 2 is 2.23 bits per heavy atom. The molecule has 5 rings (SSSR count). The van der Waals surface area contributed by atoms with Crippen molar-refractivity contribution in [2.24, 2.45) is 11.0 Å². The maximum Gasteiger partial charge on any atom is 0.283 e. The Hall–Kier alpha value is -2.51. The first-order valence-electron chi connectivity index (χ1n) is 8.37. The molecule has 0 radical (unpaired) electrons. The molecule has 4 heterocycles. The van der Waals surface area contributed by atoms with Crippen LogP contribution in [0.3, 0.4) is 0 Å². The average Bonchev–Trinajstić information content (AvgIpc) is 3.14. The number of hydrogen-bond acceptors (Lipinski definition) is 6. The van der Waals surface area contributed by atoms with E-state index in [-0.39, 0.29) is 5.56 Å². The molecule has 1 saturated carbocycles. The largest absolute Gasteiger partial charge is 0.460 e. The van der Waals surface area contributed by atoms with Gasteiger partial charge in [0.1, 0.15) is 22.7 Å². The minimum absolute atomic E-state index is 0.168. The van der Waals surface area contributed by atoms with E-state index in [1.54, 1.807) is 17.6 Å². The highest BCUT2D eigenvalue weighted by Crippen LogP contribution is 2.47. The molecule has 26 heavy (non-hydrogen) atoms. The van der Waals surface area contributed by atoms with Gasteiger partial charge in [-0.05, 0) is 35.9 Å². The maximum atomic E-state index is 12.9. The van der Waals surface area contributed by atoms with Crippen molar-refractivity contribution in [1.29, 1.82) is 0 Å². The van der Waals surface area contributed by atoms with Crippen LogP contribution < -0.4 is 5.56 Å². The molecule has 0 aromatic carbocycles. The molecule has 1 aliphatic rings. The maximum absolute atomic E-state index is 12.9. The average molecular weight is 381 g/mol. The van der Waals surface area contributed by atoms with E-state index in [0.29, 0.717) is 23.0 Å². The number of rotatable bonds is 4. The molecule has 0 unspecified atom stereocenters. The standard InChI is InChI=1S/C19H15N3O2S2/c1-11-7-13(11)15-5-4-12(24-15)8-21-22-10-20-18-17(19(22)23)14(9-26-18)16-3-2-6-25-16/h2-6,8-11,13H,7H2,1H3/b21-8-/t11-,13-/m1/s1. The van der Waals surface area contributed by atoms with Crippen molar-refractivity contribution in [2.45, 2.75) is 19.3 Å². The lowest BCUT2D eigenvalue weighted by Crippen LogP contribution is -2.16. The summed E-state index contributed by atoms with van der Waals surface area (Å²) >= 11 is 3.08. The topological polar surface area (TPSA) is 60.4 Å². The number of aromatic nitrogens is 2. The second-order valence-electron chi connectivity index (χ2n) is 6.51. The minimum atomic E-state index is -0.168. The van der Waals surface area contributed by atoms with Crippen LogP contribution in [0, 0.1) is 5.92 Å². The summed E-state index contributed by atoms with van der Waals surface area (Å²) in [4.78, 5) is 19.1. The van der Waals surface area contributed by atoms with E-state index < -0.39 is 0 Å². The van der Waals surface area contributed by atoms with E-state index in [2.05, 4.69) is 17.0 Å². The van der Waals surface area contributed by atoms with Gasteiger partial charge in [0.05, 0.1) is 11.6 Å². The molecular weight excluding hydrogens is 366 g/mol. The van der Waals surface area contributed by atoms with E-state index in [1.807, 2.05) is 35.0 Å². The SMILES string of the molecule is C[C@@H]1C[C@H]1c1ccc(/C=N\n2cnc3scc(-c4cccs4)c3c2=O)o1. The molecule has 1 fully saturated rings. The number of furan rings is 1. The summed E-state index contributed by atoms with van der Waals surface area (Å²) in [6.45, 7) is 2.22.